The lowest BCUT2D eigenvalue weighted by molar-refractivity contribution is -0.137. The van der Waals surface area contributed by atoms with E-state index < -0.39 is 29.6 Å². The zero-order valence-corrected chi connectivity index (χ0v) is 31.6. The molecule has 6 aromatic rings. The van der Waals surface area contributed by atoms with Gasteiger partial charge >= 0.3 is 17.6 Å². The summed E-state index contributed by atoms with van der Waals surface area (Å²) < 4.78 is 41.2. The molecule has 55 heavy (non-hydrogen) atoms. The van der Waals surface area contributed by atoms with Crippen molar-refractivity contribution in [1.29, 1.82) is 0 Å². The molecule has 6 rings (SSSR count). The Morgan fingerprint density at radius 2 is 1.31 bits per heavy atom. The molecule has 14 nitrogen and oxygen atoms in total. The van der Waals surface area contributed by atoms with Crippen molar-refractivity contribution in [2.24, 2.45) is 23.3 Å². The van der Waals surface area contributed by atoms with E-state index in [4.69, 9.17) is 44.3 Å². The molecule has 0 aliphatic heterocycles. The molecule has 3 aromatic heterocycles. The quantitative estimate of drug-likeness (QED) is 0.0558. The summed E-state index contributed by atoms with van der Waals surface area (Å²) in [4.78, 5) is 51.3. The van der Waals surface area contributed by atoms with Crippen molar-refractivity contribution in [3.05, 3.63) is 65.1 Å². The van der Waals surface area contributed by atoms with Gasteiger partial charge in [0.2, 0.25) is 0 Å². The normalized spacial score (nSPS) is 12.7. The highest BCUT2D eigenvalue weighted by Gasteiger charge is 2.27. The van der Waals surface area contributed by atoms with Crippen molar-refractivity contribution in [2.45, 2.75) is 52.6 Å². The van der Waals surface area contributed by atoms with Crippen LogP contribution in [0.3, 0.4) is 0 Å². The van der Waals surface area contributed by atoms with Crippen LogP contribution in [0, 0.1) is 11.8 Å². The molecule has 0 fully saturated rings. The van der Waals surface area contributed by atoms with Crippen LogP contribution in [0.4, 0.5) is 0 Å². The minimum atomic E-state index is -0.885. The number of ether oxygens (including phenoxy) is 6. The van der Waals surface area contributed by atoms with Crippen LogP contribution in [0.2, 0.25) is 0 Å². The molecule has 0 bridgehead atoms. The number of methoxy groups -OCH3 is 3. The smallest absolute Gasteiger partial charge is 0.361 e. The van der Waals surface area contributed by atoms with E-state index in [0.717, 1.165) is 0 Å². The van der Waals surface area contributed by atoms with E-state index in [9.17, 15) is 19.2 Å². The first-order valence-corrected chi connectivity index (χ1v) is 17.7. The van der Waals surface area contributed by atoms with E-state index in [-0.39, 0.29) is 57.4 Å². The average molecular weight is 754 g/mol. The lowest BCUT2D eigenvalue weighted by Gasteiger charge is -2.16. The summed E-state index contributed by atoms with van der Waals surface area (Å²) in [5.74, 6) is 0.103. The molecule has 3 heterocycles. The molecule has 0 radical (unpaired) electrons. The Morgan fingerprint density at radius 1 is 0.727 bits per heavy atom. The van der Waals surface area contributed by atoms with E-state index >= 15 is 0 Å². The first-order chi connectivity index (χ1) is 26.3. The molecule has 0 spiro atoms. The second-order valence-corrected chi connectivity index (χ2v) is 14.0. The van der Waals surface area contributed by atoms with Crippen molar-refractivity contribution >= 4 is 56.6 Å². The number of nitrogens with zero attached hydrogens (tertiary/aromatic N) is 1. The molecular weight excluding hydrogens is 710 g/mol. The topological polar surface area (TPSA) is 193 Å². The number of hydrogen-bond acceptors (Lipinski definition) is 13. The van der Waals surface area contributed by atoms with Gasteiger partial charge < -0.3 is 48.7 Å². The number of carbonyl (C=O) groups is 3. The number of carbonyl (C=O) groups excluding carboxylic acids is 3. The Kier molecular flexibility index (Phi) is 11.0. The third kappa shape index (κ3) is 7.38. The Labute approximate surface area is 315 Å². The van der Waals surface area contributed by atoms with E-state index in [1.807, 2.05) is 27.7 Å². The lowest BCUT2D eigenvalue weighted by atomic mass is 9.97. The van der Waals surface area contributed by atoms with Gasteiger partial charge in [-0.15, -0.1) is 0 Å². The molecule has 0 saturated heterocycles. The predicted molar refractivity (Wildman–Crippen MR) is 206 cm³/mol. The van der Waals surface area contributed by atoms with Crippen molar-refractivity contribution < 1.29 is 47.2 Å². The second-order valence-electron chi connectivity index (χ2n) is 14.0. The minimum Gasteiger partial charge on any atom is -0.493 e. The van der Waals surface area contributed by atoms with Crippen LogP contribution < -0.4 is 45.5 Å². The Hall–Kier alpha value is -6.12. The van der Waals surface area contributed by atoms with E-state index in [1.54, 1.807) is 53.1 Å². The Morgan fingerprint density at radius 3 is 1.91 bits per heavy atom. The van der Waals surface area contributed by atoms with Gasteiger partial charge in [0.1, 0.15) is 23.2 Å². The largest absolute Gasteiger partial charge is 0.493 e. The SMILES string of the molecule is COc1cc2c(ccn3c2c(-c2ccc(OC(=O)[C@@H](N)CC(C)C)c(OC)c2)c2c4cc(OC)c(OC(=O)[C@@H](N)CC(C)C)cc4oc(=O)c23)cc1OC=O. The summed E-state index contributed by atoms with van der Waals surface area (Å²) in [6, 6.07) is 11.5. The maximum absolute atomic E-state index is 14.1. The third-order valence-corrected chi connectivity index (χ3v) is 9.24. The summed E-state index contributed by atoms with van der Waals surface area (Å²) in [5, 5.41) is 2.20. The monoisotopic (exact) mass is 753 g/mol. The van der Waals surface area contributed by atoms with Crippen LogP contribution in [0.1, 0.15) is 40.5 Å². The molecule has 0 unspecified atom stereocenters. The van der Waals surface area contributed by atoms with E-state index in [1.165, 1.54) is 27.4 Å². The van der Waals surface area contributed by atoms with Crippen molar-refractivity contribution in [3.63, 3.8) is 0 Å². The van der Waals surface area contributed by atoms with Gasteiger partial charge in [0, 0.05) is 34.0 Å². The fraction of sp³-hybridized carbons (Fsp3) is 0.317. The van der Waals surface area contributed by atoms with Crippen molar-refractivity contribution in [3.8, 4) is 45.6 Å². The summed E-state index contributed by atoms with van der Waals surface area (Å²) in [5.41, 5.74) is 13.5. The molecule has 3 aromatic carbocycles. The standard InChI is InChI=1S/C41H43N3O11/c1-20(2)12-26(42)39(46)53-28-9-8-23(15-30(28)49-5)35-36-25-17-32(51-7)34(55-40(47)27(43)13-21(3)4)18-29(25)54-41(48)38(36)44-11-10-22-14-33(52-19-45)31(50-6)16-24(22)37(35)44/h8-11,14-21,26-27H,12-13,42-43H2,1-7H3/t26-,27-/m0/s1. The fourth-order valence-corrected chi connectivity index (χ4v) is 6.82. The van der Waals surface area contributed by atoms with Gasteiger partial charge in [0.15, 0.2) is 34.5 Å². The third-order valence-electron chi connectivity index (χ3n) is 9.24. The van der Waals surface area contributed by atoms with Gasteiger partial charge in [0.05, 0.1) is 26.8 Å². The molecule has 0 aliphatic carbocycles. The highest BCUT2D eigenvalue weighted by atomic mass is 16.6. The zero-order chi connectivity index (χ0) is 39.7. The summed E-state index contributed by atoms with van der Waals surface area (Å²) in [6.07, 6.45) is 2.54. The van der Waals surface area contributed by atoms with Gasteiger partial charge in [0.25, 0.3) is 6.47 Å². The first-order valence-electron chi connectivity index (χ1n) is 17.7. The maximum atomic E-state index is 14.1. The van der Waals surface area contributed by atoms with E-state index in [0.29, 0.717) is 57.5 Å². The van der Waals surface area contributed by atoms with Crippen molar-refractivity contribution in [1.82, 2.24) is 4.40 Å². The van der Waals surface area contributed by atoms with Gasteiger partial charge in [-0.1, -0.05) is 33.8 Å². The molecule has 0 saturated carbocycles. The van der Waals surface area contributed by atoms with Gasteiger partial charge in [-0.2, -0.15) is 0 Å². The summed E-state index contributed by atoms with van der Waals surface area (Å²) in [6.45, 7) is 8.12. The number of rotatable bonds is 14. The Balaban J connectivity index is 1.67. The number of benzene rings is 3. The Bertz CT molecular complexity index is 2520. The maximum Gasteiger partial charge on any atom is 0.361 e. The molecular formula is C41H43N3O11. The number of esters is 2. The second kappa shape index (κ2) is 15.7. The number of fused-ring (bicyclic) bond motifs is 7. The zero-order valence-electron chi connectivity index (χ0n) is 31.6. The van der Waals surface area contributed by atoms with Crippen LogP contribution in [-0.2, 0) is 14.4 Å². The molecule has 4 N–H and O–H groups in total. The fourth-order valence-electron chi connectivity index (χ4n) is 6.82. The van der Waals surface area contributed by atoms with Crippen LogP contribution in [0.15, 0.2) is 63.9 Å². The van der Waals surface area contributed by atoms with Gasteiger partial charge in [-0.25, -0.2) is 14.4 Å². The number of hydrogen-bond donors (Lipinski definition) is 2. The molecule has 0 amide bonds. The highest BCUT2D eigenvalue weighted by Crippen LogP contribution is 2.46. The van der Waals surface area contributed by atoms with Crippen LogP contribution in [0.25, 0.3) is 49.3 Å². The van der Waals surface area contributed by atoms with Crippen LogP contribution in [-0.4, -0.2) is 56.2 Å². The highest BCUT2D eigenvalue weighted by molar-refractivity contribution is 6.22. The first kappa shape index (κ1) is 38.6. The van der Waals surface area contributed by atoms with E-state index in [2.05, 4.69) is 0 Å². The van der Waals surface area contributed by atoms with Crippen molar-refractivity contribution in [2.75, 3.05) is 21.3 Å². The van der Waals surface area contributed by atoms with Gasteiger partial charge in [-0.3, -0.25) is 4.79 Å². The minimum absolute atomic E-state index is 0.0217. The molecule has 288 valence electrons. The number of aromatic nitrogens is 1. The summed E-state index contributed by atoms with van der Waals surface area (Å²) >= 11 is 0. The van der Waals surface area contributed by atoms with Crippen LogP contribution >= 0.6 is 0 Å². The molecule has 14 heteroatoms. The average Bonchev–Trinajstić information content (AvgIpc) is 3.50. The lowest BCUT2D eigenvalue weighted by Crippen LogP contribution is -2.35. The number of pyridine rings is 1. The number of nitrogens with two attached hydrogens (primary N) is 2. The van der Waals surface area contributed by atoms with Crippen LogP contribution in [0.5, 0.6) is 34.5 Å². The summed E-state index contributed by atoms with van der Waals surface area (Å²) in [7, 11) is 4.32. The molecule has 2 atom stereocenters. The molecule has 0 aliphatic rings. The van der Waals surface area contributed by atoms with Gasteiger partial charge in [-0.05, 0) is 72.0 Å². The predicted octanol–water partition coefficient (Wildman–Crippen LogP) is 6.14.